The normalized spacial score (nSPS) is 21.2. The first-order valence-corrected chi connectivity index (χ1v) is 17.9. The fourth-order valence-corrected chi connectivity index (χ4v) is 8.41. The molecular weight excluding hydrogens is 638 g/mol. The Morgan fingerprint density at radius 1 is 0.958 bits per heavy atom. The Kier molecular flexibility index (Phi) is 8.52. The molecule has 15 heteroatoms. The van der Waals surface area contributed by atoms with Crippen LogP contribution in [-0.4, -0.2) is 86.3 Å². The Balaban J connectivity index is 1.22. The maximum Gasteiger partial charge on any atom is 0.256 e. The molecule has 0 aliphatic heterocycles. The van der Waals surface area contributed by atoms with Gasteiger partial charge >= 0.3 is 0 Å². The lowest BCUT2D eigenvalue weighted by Gasteiger charge is -2.49. The summed E-state index contributed by atoms with van der Waals surface area (Å²) in [6, 6.07) is 6.79. The SMILES string of the molecule is CN(C)CC1CCC(N(c2cc(Nc3ccnc(-c4cnn(S(=O)(=O)C5CC5)c4)n3)ncc2-c2cc(N)ccn2)C2CC(F)(F)C2)CC1. The molecule has 0 atom stereocenters. The Labute approximate surface area is 278 Å². The molecule has 0 spiro atoms. The van der Waals surface area contributed by atoms with Gasteiger partial charge in [-0.3, -0.25) is 4.98 Å². The van der Waals surface area contributed by atoms with Crippen molar-refractivity contribution in [3.63, 3.8) is 0 Å². The summed E-state index contributed by atoms with van der Waals surface area (Å²) in [6.45, 7) is 1.01. The predicted molar refractivity (Wildman–Crippen MR) is 181 cm³/mol. The first-order chi connectivity index (χ1) is 22.9. The van der Waals surface area contributed by atoms with Crippen LogP contribution in [0, 0.1) is 5.92 Å². The minimum absolute atomic E-state index is 0.0775. The number of nitrogens with two attached hydrogens (primary N) is 1. The highest BCUT2D eigenvalue weighted by atomic mass is 32.2. The second-order valence-electron chi connectivity index (χ2n) is 13.6. The number of hydrogen-bond acceptors (Lipinski definition) is 11. The minimum atomic E-state index is -3.53. The fraction of sp³-hybridized carbons (Fsp3) is 0.485. The topological polar surface area (TPSA) is 148 Å². The molecule has 254 valence electrons. The third-order valence-electron chi connectivity index (χ3n) is 9.45. The van der Waals surface area contributed by atoms with Gasteiger partial charge < -0.3 is 20.9 Å². The van der Waals surface area contributed by atoms with E-state index in [1.165, 1.54) is 12.4 Å². The molecule has 0 bridgehead atoms. The molecule has 0 unspecified atom stereocenters. The van der Waals surface area contributed by atoms with Gasteiger partial charge in [0, 0.05) is 67.4 Å². The van der Waals surface area contributed by atoms with Crippen molar-refractivity contribution < 1.29 is 17.2 Å². The number of nitrogens with one attached hydrogen (secondary N) is 1. The summed E-state index contributed by atoms with van der Waals surface area (Å²) in [6.07, 6.45) is 12.4. The number of hydrogen-bond donors (Lipinski definition) is 2. The summed E-state index contributed by atoms with van der Waals surface area (Å²) in [5, 5.41) is 6.91. The van der Waals surface area contributed by atoms with E-state index in [1.54, 1.807) is 36.8 Å². The van der Waals surface area contributed by atoms with Crippen molar-refractivity contribution in [3.05, 3.63) is 55.2 Å². The Morgan fingerprint density at radius 2 is 1.71 bits per heavy atom. The van der Waals surface area contributed by atoms with Crippen LogP contribution in [0.1, 0.15) is 51.4 Å². The second kappa shape index (κ2) is 12.7. The van der Waals surface area contributed by atoms with Gasteiger partial charge in [-0.15, -0.1) is 0 Å². The number of alkyl halides is 2. The number of nitrogens with zero attached hydrogens (tertiary/aromatic N) is 8. The summed E-state index contributed by atoms with van der Waals surface area (Å²) in [5.41, 5.74) is 9.24. The Hall–Kier alpha value is -4.24. The van der Waals surface area contributed by atoms with E-state index in [9.17, 15) is 17.2 Å². The summed E-state index contributed by atoms with van der Waals surface area (Å²) >= 11 is 0. The maximum absolute atomic E-state index is 14.4. The number of rotatable bonds is 11. The van der Waals surface area contributed by atoms with Crippen LogP contribution in [-0.2, 0) is 10.0 Å². The molecule has 0 aromatic carbocycles. The zero-order valence-corrected chi connectivity index (χ0v) is 27.8. The van der Waals surface area contributed by atoms with E-state index >= 15 is 0 Å². The standard InChI is InChI=1S/C33H40F2N10O2S/c1-43(2)19-21-3-5-24(6-4-21)45(25-15-33(34,35)16-25)29-14-31(39-18-27(29)28-13-23(36)9-11-37-28)41-30-10-12-38-32(42-30)22-17-40-44(20-22)48(46,47)26-7-8-26/h9-14,17-18,20-21,24-26H,3-8,15-16,19H2,1-2H3,(H2,36,37)(H,38,39,41,42). The van der Waals surface area contributed by atoms with Gasteiger partial charge in [-0.05, 0) is 76.7 Å². The molecule has 4 aromatic rings. The van der Waals surface area contributed by atoms with E-state index < -0.39 is 21.2 Å². The van der Waals surface area contributed by atoms with Crippen molar-refractivity contribution in [2.75, 3.05) is 36.6 Å². The largest absolute Gasteiger partial charge is 0.399 e. The lowest BCUT2D eigenvalue weighted by atomic mass is 9.80. The molecule has 4 aromatic heterocycles. The van der Waals surface area contributed by atoms with Crippen molar-refractivity contribution in [2.45, 2.75) is 74.6 Å². The second-order valence-corrected chi connectivity index (χ2v) is 15.6. The quantitative estimate of drug-likeness (QED) is 0.216. The third-order valence-corrected chi connectivity index (χ3v) is 11.5. The molecular formula is C33H40F2N10O2S. The first kappa shape index (κ1) is 32.3. The average molecular weight is 679 g/mol. The summed E-state index contributed by atoms with van der Waals surface area (Å²) < 4.78 is 55.1. The molecule has 12 nitrogen and oxygen atoms in total. The minimum Gasteiger partial charge on any atom is -0.399 e. The fourth-order valence-electron chi connectivity index (χ4n) is 6.93. The van der Waals surface area contributed by atoms with E-state index in [2.05, 4.69) is 54.2 Å². The van der Waals surface area contributed by atoms with Gasteiger partial charge in [0.1, 0.15) is 11.6 Å². The van der Waals surface area contributed by atoms with Crippen LogP contribution in [0.2, 0.25) is 0 Å². The monoisotopic (exact) mass is 678 g/mol. The number of aromatic nitrogens is 6. The van der Waals surface area contributed by atoms with E-state index in [-0.39, 0.29) is 24.9 Å². The van der Waals surface area contributed by atoms with Crippen molar-refractivity contribution >= 4 is 33.0 Å². The molecule has 48 heavy (non-hydrogen) atoms. The van der Waals surface area contributed by atoms with Gasteiger partial charge in [-0.1, -0.05) is 0 Å². The molecule has 0 amide bonds. The van der Waals surface area contributed by atoms with Gasteiger partial charge in [-0.2, -0.15) is 9.19 Å². The van der Waals surface area contributed by atoms with Gasteiger partial charge in [0.05, 0.1) is 34.6 Å². The molecule has 0 saturated heterocycles. The number of halogens is 2. The van der Waals surface area contributed by atoms with Crippen LogP contribution in [0.5, 0.6) is 0 Å². The highest BCUT2D eigenvalue weighted by molar-refractivity contribution is 7.90. The number of nitrogen functional groups attached to an aromatic ring is 1. The molecule has 4 heterocycles. The lowest BCUT2D eigenvalue weighted by molar-refractivity contribution is -0.0878. The summed E-state index contributed by atoms with van der Waals surface area (Å²) in [7, 11) is 0.637. The third kappa shape index (κ3) is 6.83. The van der Waals surface area contributed by atoms with Crippen LogP contribution in [0.25, 0.3) is 22.6 Å². The van der Waals surface area contributed by atoms with Gasteiger partial charge in [0.2, 0.25) is 0 Å². The van der Waals surface area contributed by atoms with E-state index in [4.69, 9.17) is 5.73 Å². The van der Waals surface area contributed by atoms with Crippen molar-refractivity contribution in [1.82, 2.24) is 34.0 Å². The summed E-state index contributed by atoms with van der Waals surface area (Å²) in [5.74, 6) is -0.939. The smallest absolute Gasteiger partial charge is 0.256 e. The van der Waals surface area contributed by atoms with Crippen molar-refractivity contribution in [2.24, 2.45) is 5.92 Å². The molecule has 3 N–H and O–H groups in total. The van der Waals surface area contributed by atoms with Crippen LogP contribution >= 0.6 is 0 Å². The maximum atomic E-state index is 14.4. The van der Waals surface area contributed by atoms with Crippen LogP contribution in [0.3, 0.4) is 0 Å². The Bertz CT molecular complexity index is 1880. The van der Waals surface area contributed by atoms with Crippen molar-refractivity contribution in [1.29, 1.82) is 0 Å². The molecule has 3 aliphatic carbocycles. The van der Waals surface area contributed by atoms with Crippen LogP contribution in [0.4, 0.5) is 31.8 Å². The van der Waals surface area contributed by atoms with Gasteiger partial charge in [0.15, 0.2) is 5.82 Å². The first-order valence-electron chi connectivity index (χ1n) is 16.4. The van der Waals surface area contributed by atoms with E-state index in [0.717, 1.165) is 42.0 Å². The zero-order chi connectivity index (χ0) is 33.6. The molecule has 3 fully saturated rings. The highest BCUT2D eigenvalue weighted by Crippen LogP contribution is 2.47. The average Bonchev–Trinajstić information content (AvgIpc) is 3.78. The molecule has 3 aliphatic rings. The van der Waals surface area contributed by atoms with Gasteiger partial charge in [0.25, 0.3) is 15.9 Å². The Morgan fingerprint density at radius 3 is 2.40 bits per heavy atom. The van der Waals surface area contributed by atoms with E-state index in [1.807, 2.05) is 6.07 Å². The predicted octanol–water partition coefficient (Wildman–Crippen LogP) is 5.19. The number of pyridine rings is 2. The van der Waals surface area contributed by atoms with Gasteiger partial charge in [-0.25, -0.2) is 32.2 Å². The van der Waals surface area contributed by atoms with Crippen LogP contribution in [0.15, 0.2) is 55.2 Å². The number of anilines is 4. The molecule has 0 radical (unpaired) electrons. The highest BCUT2D eigenvalue weighted by Gasteiger charge is 2.50. The molecule has 3 saturated carbocycles. The summed E-state index contributed by atoms with van der Waals surface area (Å²) in [4.78, 5) is 22.6. The zero-order valence-electron chi connectivity index (χ0n) is 27.0. The van der Waals surface area contributed by atoms with E-state index in [0.29, 0.717) is 58.7 Å². The van der Waals surface area contributed by atoms with Crippen LogP contribution < -0.4 is 16.0 Å². The van der Waals surface area contributed by atoms with Crippen molar-refractivity contribution in [3.8, 4) is 22.6 Å². The lowest BCUT2D eigenvalue weighted by Crippen LogP contribution is -2.55. The molecule has 7 rings (SSSR count).